The molecule has 5 nitrogen and oxygen atoms in total. The van der Waals surface area contributed by atoms with E-state index in [2.05, 4.69) is 16.9 Å². The van der Waals surface area contributed by atoms with E-state index in [-0.39, 0.29) is 11.6 Å². The van der Waals surface area contributed by atoms with Gasteiger partial charge in [0.15, 0.2) is 5.69 Å². The Bertz CT molecular complexity index is 561. The van der Waals surface area contributed by atoms with Crippen LogP contribution in [0.15, 0.2) is 35.4 Å². The molecule has 2 aromatic rings. The second-order valence-corrected chi connectivity index (χ2v) is 3.55. The van der Waals surface area contributed by atoms with Gasteiger partial charge in [0.05, 0.1) is 6.33 Å². The number of benzene rings is 1. The Morgan fingerprint density at radius 1 is 1.35 bits per heavy atom. The Morgan fingerprint density at radius 2 is 2.06 bits per heavy atom. The maximum absolute atomic E-state index is 11.2. The van der Waals surface area contributed by atoms with Crippen molar-refractivity contribution in [2.24, 2.45) is 0 Å². The lowest BCUT2D eigenvalue weighted by molar-refractivity contribution is 0.463. The molecule has 0 atom stereocenters. The quantitative estimate of drug-likeness (QED) is 0.842. The SMILES string of the molecule is CCc1ccc(Oc2nc[nH]c(=O)c2N)cc1. The van der Waals surface area contributed by atoms with Crippen molar-refractivity contribution in [2.75, 3.05) is 5.73 Å². The van der Waals surface area contributed by atoms with Crippen LogP contribution in [-0.4, -0.2) is 9.97 Å². The summed E-state index contributed by atoms with van der Waals surface area (Å²) in [7, 11) is 0. The number of aromatic nitrogens is 2. The van der Waals surface area contributed by atoms with Crippen LogP contribution in [0.4, 0.5) is 5.69 Å². The van der Waals surface area contributed by atoms with Crippen LogP contribution in [0.25, 0.3) is 0 Å². The van der Waals surface area contributed by atoms with Crippen molar-refractivity contribution in [1.29, 1.82) is 0 Å². The van der Waals surface area contributed by atoms with E-state index in [0.29, 0.717) is 5.75 Å². The Balaban J connectivity index is 2.25. The van der Waals surface area contributed by atoms with Gasteiger partial charge < -0.3 is 15.5 Å². The number of rotatable bonds is 3. The second kappa shape index (κ2) is 4.69. The van der Waals surface area contributed by atoms with Gasteiger partial charge in [-0.1, -0.05) is 19.1 Å². The average molecular weight is 231 g/mol. The number of nitrogen functional groups attached to an aromatic ring is 1. The molecule has 0 aliphatic heterocycles. The molecule has 1 aromatic heterocycles. The molecule has 0 amide bonds. The molecule has 0 saturated heterocycles. The first kappa shape index (κ1) is 11.2. The van der Waals surface area contributed by atoms with Crippen molar-refractivity contribution < 1.29 is 4.74 Å². The summed E-state index contributed by atoms with van der Waals surface area (Å²) in [5.74, 6) is 0.727. The van der Waals surface area contributed by atoms with Gasteiger partial charge in [0.1, 0.15) is 5.75 Å². The molecular formula is C12H13N3O2. The molecule has 0 fully saturated rings. The second-order valence-electron chi connectivity index (χ2n) is 3.55. The fraction of sp³-hybridized carbons (Fsp3) is 0.167. The third-order valence-electron chi connectivity index (χ3n) is 2.40. The van der Waals surface area contributed by atoms with E-state index in [1.807, 2.05) is 24.3 Å². The zero-order valence-corrected chi connectivity index (χ0v) is 9.43. The van der Waals surface area contributed by atoms with E-state index in [1.165, 1.54) is 11.9 Å². The van der Waals surface area contributed by atoms with E-state index in [0.717, 1.165) is 6.42 Å². The number of ether oxygens (including phenoxy) is 1. The van der Waals surface area contributed by atoms with Crippen LogP contribution in [-0.2, 0) is 6.42 Å². The van der Waals surface area contributed by atoms with Gasteiger partial charge in [0, 0.05) is 0 Å². The fourth-order valence-corrected chi connectivity index (χ4v) is 1.38. The minimum Gasteiger partial charge on any atom is -0.437 e. The number of H-pyrrole nitrogens is 1. The summed E-state index contributed by atoms with van der Waals surface area (Å²) in [4.78, 5) is 17.5. The number of nitrogens with zero attached hydrogens (tertiary/aromatic N) is 1. The van der Waals surface area contributed by atoms with Crippen LogP contribution in [0.5, 0.6) is 11.6 Å². The Hall–Kier alpha value is -2.30. The maximum Gasteiger partial charge on any atom is 0.277 e. The highest BCUT2D eigenvalue weighted by Gasteiger charge is 2.06. The van der Waals surface area contributed by atoms with Crippen molar-refractivity contribution in [3.05, 3.63) is 46.5 Å². The van der Waals surface area contributed by atoms with E-state index in [4.69, 9.17) is 10.5 Å². The highest BCUT2D eigenvalue weighted by molar-refractivity contribution is 5.47. The molecule has 5 heteroatoms. The number of nitrogens with one attached hydrogen (secondary N) is 1. The average Bonchev–Trinajstić information content (AvgIpc) is 2.36. The highest BCUT2D eigenvalue weighted by atomic mass is 16.5. The van der Waals surface area contributed by atoms with Crippen LogP contribution >= 0.6 is 0 Å². The lowest BCUT2D eigenvalue weighted by atomic mass is 10.2. The first-order chi connectivity index (χ1) is 8.20. The summed E-state index contributed by atoms with van der Waals surface area (Å²) in [6.07, 6.45) is 2.22. The summed E-state index contributed by atoms with van der Waals surface area (Å²) in [5, 5.41) is 0. The zero-order valence-electron chi connectivity index (χ0n) is 9.43. The van der Waals surface area contributed by atoms with Gasteiger partial charge in [-0.25, -0.2) is 4.98 Å². The largest absolute Gasteiger partial charge is 0.437 e. The third-order valence-corrected chi connectivity index (χ3v) is 2.40. The first-order valence-corrected chi connectivity index (χ1v) is 5.30. The predicted octanol–water partition coefficient (Wildman–Crippen LogP) is 1.71. The van der Waals surface area contributed by atoms with Crippen molar-refractivity contribution in [3.8, 4) is 11.6 Å². The molecule has 0 saturated carbocycles. The number of hydrogen-bond acceptors (Lipinski definition) is 4. The van der Waals surface area contributed by atoms with Gasteiger partial charge in [-0.05, 0) is 24.1 Å². The van der Waals surface area contributed by atoms with Gasteiger partial charge in [0.25, 0.3) is 5.56 Å². The minimum atomic E-state index is -0.403. The van der Waals surface area contributed by atoms with E-state index < -0.39 is 5.56 Å². The van der Waals surface area contributed by atoms with Gasteiger partial charge in [-0.3, -0.25) is 4.79 Å². The Labute approximate surface area is 98.3 Å². The lowest BCUT2D eigenvalue weighted by Gasteiger charge is -2.06. The van der Waals surface area contributed by atoms with Gasteiger partial charge in [-0.2, -0.15) is 0 Å². The van der Waals surface area contributed by atoms with Crippen molar-refractivity contribution in [2.45, 2.75) is 13.3 Å². The molecule has 0 aliphatic rings. The Kier molecular flexibility index (Phi) is 3.09. The monoisotopic (exact) mass is 231 g/mol. The topological polar surface area (TPSA) is 81.0 Å². The van der Waals surface area contributed by atoms with E-state index in [1.54, 1.807) is 0 Å². The minimum absolute atomic E-state index is 0.0212. The molecule has 88 valence electrons. The van der Waals surface area contributed by atoms with Gasteiger partial charge in [-0.15, -0.1) is 0 Å². The number of hydrogen-bond donors (Lipinski definition) is 2. The smallest absolute Gasteiger partial charge is 0.277 e. The first-order valence-electron chi connectivity index (χ1n) is 5.30. The van der Waals surface area contributed by atoms with Gasteiger partial charge in [0.2, 0.25) is 5.88 Å². The van der Waals surface area contributed by atoms with Crippen LogP contribution in [0.2, 0.25) is 0 Å². The lowest BCUT2D eigenvalue weighted by Crippen LogP contribution is -2.13. The van der Waals surface area contributed by atoms with Crippen molar-refractivity contribution in [3.63, 3.8) is 0 Å². The number of nitrogens with two attached hydrogens (primary N) is 1. The van der Waals surface area contributed by atoms with Crippen LogP contribution in [0, 0.1) is 0 Å². The normalized spacial score (nSPS) is 10.2. The fourth-order valence-electron chi connectivity index (χ4n) is 1.38. The molecule has 1 aromatic carbocycles. The Morgan fingerprint density at radius 3 is 2.71 bits per heavy atom. The standard InChI is InChI=1S/C12H13N3O2/c1-2-8-3-5-9(6-4-8)17-12-10(13)11(16)14-7-15-12/h3-7H,2,13H2,1H3,(H,14,15,16). The van der Waals surface area contributed by atoms with Crippen LogP contribution < -0.4 is 16.0 Å². The van der Waals surface area contributed by atoms with Crippen LogP contribution in [0.3, 0.4) is 0 Å². The number of anilines is 1. The van der Waals surface area contributed by atoms with E-state index in [9.17, 15) is 4.79 Å². The molecule has 2 rings (SSSR count). The summed E-state index contributed by atoms with van der Waals surface area (Å²) >= 11 is 0. The maximum atomic E-state index is 11.2. The predicted molar refractivity (Wildman–Crippen MR) is 65.2 cm³/mol. The summed E-state index contributed by atoms with van der Waals surface area (Å²) in [6.45, 7) is 2.08. The summed E-state index contributed by atoms with van der Waals surface area (Å²) in [6, 6.07) is 7.56. The summed E-state index contributed by atoms with van der Waals surface area (Å²) in [5.41, 5.74) is 6.34. The summed E-state index contributed by atoms with van der Waals surface area (Å²) < 4.78 is 5.43. The number of aryl methyl sites for hydroxylation is 1. The van der Waals surface area contributed by atoms with Crippen LogP contribution in [0.1, 0.15) is 12.5 Å². The molecule has 0 bridgehead atoms. The van der Waals surface area contributed by atoms with Gasteiger partial charge >= 0.3 is 0 Å². The molecule has 17 heavy (non-hydrogen) atoms. The molecule has 0 radical (unpaired) electrons. The third kappa shape index (κ3) is 2.44. The van der Waals surface area contributed by atoms with Crippen molar-refractivity contribution >= 4 is 5.69 Å². The highest BCUT2D eigenvalue weighted by Crippen LogP contribution is 2.22. The number of aromatic amines is 1. The zero-order chi connectivity index (χ0) is 12.3. The molecule has 0 aliphatic carbocycles. The molecule has 1 heterocycles. The molecular weight excluding hydrogens is 218 g/mol. The molecule has 0 unspecified atom stereocenters. The van der Waals surface area contributed by atoms with Crippen molar-refractivity contribution in [1.82, 2.24) is 9.97 Å². The van der Waals surface area contributed by atoms with E-state index >= 15 is 0 Å². The molecule has 3 N–H and O–H groups in total. The molecule has 0 spiro atoms.